The van der Waals surface area contributed by atoms with Crippen molar-refractivity contribution in [1.82, 2.24) is 10.3 Å². The molecule has 4 nitrogen and oxygen atoms in total. The minimum atomic E-state index is -0.290. The number of benzene rings is 2. The van der Waals surface area contributed by atoms with E-state index in [9.17, 15) is 4.79 Å². The van der Waals surface area contributed by atoms with Gasteiger partial charge in [-0.3, -0.25) is 4.98 Å². The Morgan fingerprint density at radius 2 is 1.72 bits per heavy atom. The van der Waals surface area contributed by atoms with E-state index < -0.39 is 0 Å². The Labute approximate surface area is 173 Å². The number of nitrogens with one attached hydrogen (secondary N) is 2. The zero-order valence-corrected chi connectivity index (χ0v) is 18.3. The molecule has 0 atom stereocenters. The maximum atomic E-state index is 12.6. The fourth-order valence-electron chi connectivity index (χ4n) is 4.10. The smallest absolute Gasteiger partial charge is 0.319 e. The predicted molar refractivity (Wildman–Crippen MR) is 122 cm³/mol. The number of hydrogen-bond donors (Lipinski definition) is 2. The quantitative estimate of drug-likeness (QED) is 0.532. The minimum absolute atomic E-state index is 0.138. The van der Waals surface area contributed by atoms with Crippen LogP contribution < -0.4 is 10.6 Å². The van der Waals surface area contributed by atoms with Crippen molar-refractivity contribution in [2.24, 2.45) is 5.41 Å². The van der Waals surface area contributed by atoms with Crippen LogP contribution in [0.3, 0.4) is 0 Å². The van der Waals surface area contributed by atoms with Gasteiger partial charge in [0.2, 0.25) is 0 Å². The van der Waals surface area contributed by atoms with Gasteiger partial charge in [-0.15, -0.1) is 0 Å². The Bertz CT molecular complexity index is 1030. The van der Waals surface area contributed by atoms with Gasteiger partial charge in [0.05, 0.1) is 0 Å². The van der Waals surface area contributed by atoms with Crippen LogP contribution in [-0.2, 0) is 0 Å². The van der Waals surface area contributed by atoms with Crippen LogP contribution in [-0.4, -0.2) is 16.6 Å². The zero-order chi connectivity index (χ0) is 21.2. The van der Waals surface area contributed by atoms with Crippen molar-refractivity contribution in [1.29, 1.82) is 0 Å². The lowest BCUT2D eigenvalue weighted by Crippen LogP contribution is -2.47. The molecule has 1 aromatic heterocycles. The van der Waals surface area contributed by atoms with Gasteiger partial charge in [0, 0.05) is 29.0 Å². The molecular formula is C25H31N3O. The van der Waals surface area contributed by atoms with Crippen molar-refractivity contribution >= 4 is 22.5 Å². The number of aromatic nitrogens is 1. The highest BCUT2D eigenvalue weighted by molar-refractivity contribution is 5.92. The second-order valence-electron chi connectivity index (χ2n) is 9.67. The number of carbonyl (C=O) groups is 1. The van der Waals surface area contributed by atoms with Gasteiger partial charge in [0.25, 0.3) is 0 Å². The van der Waals surface area contributed by atoms with Crippen LogP contribution in [0.5, 0.6) is 0 Å². The molecule has 0 radical (unpaired) electrons. The average molecular weight is 390 g/mol. The van der Waals surface area contributed by atoms with Gasteiger partial charge in [-0.25, -0.2) is 4.79 Å². The molecule has 0 aliphatic carbocycles. The number of carbonyl (C=O) groups excluding carboxylic acids is 1. The summed E-state index contributed by atoms with van der Waals surface area (Å²) in [6, 6.07) is 14.2. The van der Waals surface area contributed by atoms with E-state index >= 15 is 0 Å². The van der Waals surface area contributed by atoms with Crippen LogP contribution in [0.1, 0.15) is 46.6 Å². The highest BCUT2D eigenvalue weighted by atomic mass is 16.2. The topological polar surface area (TPSA) is 54.0 Å². The second kappa shape index (κ2) is 7.86. The van der Waals surface area contributed by atoms with Gasteiger partial charge < -0.3 is 10.6 Å². The van der Waals surface area contributed by atoms with Gasteiger partial charge in [-0.2, -0.15) is 0 Å². The Morgan fingerprint density at radius 3 is 2.45 bits per heavy atom. The van der Waals surface area contributed by atoms with Crippen molar-refractivity contribution in [2.75, 3.05) is 5.32 Å². The van der Waals surface area contributed by atoms with Gasteiger partial charge >= 0.3 is 6.03 Å². The van der Waals surface area contributed by atoms with Crippen LogP contribution in [0.4, 0.5) is 10.5 Å². The standard InChI is InChI=1S/C25H31N3O/c1-17-7-10-21(27-23(29)28-25(5,6)16-24(2,3)4)14-22(17)19-9-8-18-11-12-26-15-20(18)13-19/h7-15H,16H2,1-6H3,(H2,27,28,29). The first-order chi connectivity index (χ1) is 13.5. The van der Waals surface area contributed by atoms with Crippen LogP contribution in [0.25, 0.3) is 21.9 Å². The van der Waals surface area contributed by atoms with Crippen molar-refractivity contribution in [3.05, 3.63) is 60.4 Å². The highest BCUT2D eigenvalue weighted by Gasteiger charge is 2.27. The summed E-state index contributed by atoms with van der Waals surface area (Å²) in [6.45, 7) is 12.7. The van der Waals surface area contributed by atoms with E-state index in [2.05, 4.69) is 75.4 Å². The monoisotopic (exact) mass is 389 g/mol. The molecule has 0 spiro atoms. The molecule has 2 aromatic carbocycles. The third-order valence-electron chi connectivity index (χ3n) is 4.87. The molecule has 2 N–H and O–H groups in total. The van der Waals surface area contributed by atoms with E-state index in [1.165, 1.54) is 0 Å². The van der Waals surface area contributed by atoms with E-state index in [-0.39, 0.29) is 17.0 Å². The number of fused-ring (bicyclic) bond motifs is 1. The van der Waals surface area contributed by atoms with Crippen molar-refractivity contribution in [3.63, 3.8) is 0 Å². The molecule has 2 amide bonds. The fraction of sp³-hybridized carbons (Fsp3) is 0.360. The molecule has 0 saturated heterocycles. The lowest BCUT2D eigenvalue weighted by atomic mass is 9.82. The molecule has 0 bridgehead atoms. The van der Waals surface area contributed by atoms with Crippen LogP contribution >= 0.6 is 0 Å². The maximum Gasteiger partial charge on any atom is 0.319 e. The van der Waals surface area contributed by atoms with Gasteiger partial charge in [0.15, 0.2) is 0 Å². The van der Waals surface area contributed by atoms with Crippen LogP contribution in [0.15, 0.2) is 54.9 Å². The van der Waals surface area contributed by atoms with Gasteiger partial charge in [-0.1, -0.05) is 39.0 Å². The number of nitrogens with zero attached hydrogens (tertiary/aromatic N) is 1. The fourth-order valence-corrected chi connectivity index (χ4v) is 4.10. The molecule has 0 aliphatic heterocycles. The largest absolute Gasteiger partial charge is 0.333 e. The molecule has 4 heteroatoms. The maximum absolute atomic E-state index is 12.6. The molecular weight excluding hydrogens is 358 g/mol. The van der Waals surface area contributed by atoms with Crippen LogP contribution in [0.2, 0.25) is 0 Å². The highest BCUT2D eigenvalue weighted by Crippen LogP contribution is 2.30. The third kappa shape index (κ3) is 5.57. The Hall–Kier alpha value is -2.88. The number of amides is 2. The number of pyridine rings is 1. The molecule has 3 rings (SSSR count). The van der Waals surface area contributed by atoms with Gasteiger partial charge in [0.1, 0.15) is 0 Å². The molecule has 0 aliphatic rings. The normalized spacial score (nSPS) is 12.1. The predicted octanol–water partition coefficient (Wildman–Crippen LogP) is 6.55. The van der Waals surface area contributed by atoms with Crippen LogP contribution in [0, 0.1) is 12.3 Å². The van der Waals surface area contributed by atoms with E-state index in [1.807, 2.05) is 30.5 Å². The SMILES string of the molecule is Cc1ccc(NC(=O)NC(C)(C)CC(C)(C)C)cc1-c1ccc2ccncc2c1. The molecule has 0 unspecified atom stereocenters. The number of anilines is 1. The Kier molecular flexibility index (Phi) is 5.65. The first-order valence-electron chi connectivity index (χ1n) is 10.1. The third-order valence-corrected chi connectivity index (χ3v) is 4.87. The van der Waals surface area contributed by atoms with E-state index in [4.69, 9.17) is 0 Å². The molecule has 29 heavy (non-hydrogen) atoms. The molecule has 1 heterocycles. The van der Waals surface area contributed by atoms with E-state index in [1.54, 1.807) is 6.20 Å². The lowest BCUT2D eigenvalue weighted by molar-refractivity contribution is 0.220. The van der Waals surface area contributed by atoms with Crippen molar-refractivity contribution < 1.29 is 4.79 Å². The first-order valence-corrected chi connectivity index (χ1v) is 10.1. The average Bonchev–Trinajstić information content (AvgIpc) is 2.60. The zero-order valence-electron chi connectivity index (χ0n) is 18.3. The molecule has 0 fully saturated rings. The summed E-state index contributed by atoms with van der Waals surface area (Å²) in [5.74, 6) is 0. The minimum Gasteiger partial charge on any atom is -0.333 e. The summed E-state index contributed by atoms with van der Waals surface area (Å²) in [5, 5.41) is 8.36. The van der Waals surface area contributed by atoms with Crippen molar-refractivity contribution in [3.8, 4) is 11.1 Å². The Balaban J connectivity index is 1.80. The number of urea groups is 1. The summed E-state index contributed by atoms with van der Waals surface area (Å²) in [5.41, 5.74) is 4.00. The molecule has 0 saturated carbocycles. The van der Waals surface area contributed by atoms with Gasteiger partial charge in [-0.05, 0) is 78.9 Å². The number of hydrogen-bond acceptors (Lipinski definition) is 2. The second-order valence-corrected chi connectivity index (χ2v) is 9.67. The first kappa shape index (κ1) is 20.8. The summed E-state index contributed by atoms with van der Waals surface area (Å²) in [7, 11) is 0. The van der Waals surface area contributed by atoms with E-state index in [0.29, 0.717) is 0 Å². The van der Waals surface area contributed by atoms with Crippen molar-refractivity contribution in [2.45, 2.75) is 53.5 Å². The summed E-state index contributed by atoms with van der Waals surface area (Å²) < 4.78 is 0. The lowest BCUT2D eigenvalue weighted by Gasteiger charge is -2.33. The summed E-state index contributed by atoms with van der Waals surface area (Å²) in [4.78, 5) is 16.8. The molecule has 3 aromatic rings. The summed E-state index contributed by atoms with van der Waals surface area (Å²) >= 11 is 0. The van der Waals surface area contributed by atoms with E-state index in [0.717, 1.165) is 39.6 Å². The summed E-state index contributed by atoms with van der Waals surface area (Å²) in [6.07, 6.45) is 4.57. The number of aryl methyl sites for hydroxylation is 1. The number of rotatable bonds is 4. The Morgan fingerprint density at radius 1 is 0.966 bits per heavy atom. The molecule has 152 valence electrons.